The first kappa shape index (κ1) is 20.3. The van der Waals surface area contributed by atoms with E-state index in [4.69, 9.17) is 0 Å². The monoisotopic (exact) mass is 418 g/mol. The minimum Gasteiger partial charge on any atom is -0.507 e. The van der Waals surface area contributed by atoms with Crippen molar-refractivity contribution in [1.29, 1.82) is 0 Å². The molecule has 0 saturated carbocycles. The summed E-state index contributed by atoms with van der Waals surface area (Å²) in [6.07, 6.45) is 0.614. The van der Waals surface area contributed by atoms with E-state index in [1.165, 1.54) is 23.5 Å². The van der Waals surface area contributed by atoms with Crippen LogP contribution in [0.3, 0.4) is 0 Å². The van der Waals surface area contributed by atoms with Crippen molar-refractivity contribution >= 4 is 44.7 Å². The van der Waals surface area contributed by atoms with Crippen LogP contribution in [0.15, 0.2) is 46.6 Å². The van der Waals surface area contributed by atoms with Gasteiger partial charge >= 0.3 is 0 Å². The summed E-state index contributed by atoms with van der Waals surface area (Å²) in [6, 6.07) is 10.1. The van der Waals surface area contributed by atoms with Crippen LogP contribution in [-0.4, -0.2) is 35.6 Å². The zero-order chi connectivity index (χ0) is 19.1. The number of nitrogens with one attached hydrogen (secondary N) is 1. The molecule has 0 amide bonds. The Bertz CT molecular complexity index is 1220. The van der Waals surface area contributed by atoms with Crippen molar-refractivity contribution in [2.24, 2.45) is 0 Å². The Morgan fingerprint density at radius 2 is 1.96 bits per heavy atom. The molecule has 2 N–H and O–H groups in total. The lowest BCUT2D eigenvalue weighted by Crippen LogP contribution is -2.15. The lowest BCUT2D eigenvalue weighted by molar-refractivity contribution is 0.410. The molecule has 2 aromatic carbocycles. The van der Waals surface area contributed by atoms with Gasteiger partial charge in [-0.25, -0.2) is 4.39 Å². The second-order valence-corrected chi connectivity index (χ2v) is 7.78. The Labute approximate surface area is 171 Å². The first-order chi connectivity index (χ1) is 13.0. The third-order valence-electron chi connectivity index (χ3n) is 4.74. The van der Waals surface area contributed by atoms with Crippen LogP contribution in [0.25, 0.3) is 32.1 Å². The van der Waals surface area contributed by atoms with Crippen molar-refractivity contribution in [2.75, 3.05) is 20.6 Å². The second kappa shape index (κ2) is 7.91. The number of likely N-dealkylation sites (N-methyl/N-ethyl adjacent to an activating group) is 1. The first-order valence-corrected chi connectivity index (χ1v) is 9.52. The van der Waals surface area contributed by atoms with Gasteiger partial charge in [-0.3, -0.25) is 4.79 Å². The Morgan fingerprint density at radius 1 is 1.18 bits per heavy atom. The second-order valence-electron chi connectivity index (χ2n) is 6.86. The number of phenols is 1. The molecule has 0 aliphatic rings. The fourth-order valence-electron chi connectivity index (χ4n) is 3.38. The van der Waals surface area contributed by atoms with Crippen molar-refractivity contribution in [2.45, 2.75) is 6.42 Å². The molecule has 4 aromatic rings. The highest BCUT2D eigenvalue weighted by Gasteiger charge is 2.16. The topological polar surface area (TPSA) is 56.3 Å². The normalized spacial score (nSPS) is 11.3. The van der Waals surface area contributed by atoms with Crippen LogP contribution in [-0.2, 0) is 6.42 Å². The lowest BCUT2D eigenvalue weighted by atomic mass is 9.96. The number of rotatable bonds is 4. The van der Waals surface area contributed by atoms with E-state index < -0.39 is 0 Å². The predicted octanol–water partition coefficient (Wildman–Crippen LogP) is 4.78. The Morgan fingerprint density at radius 3 is 2.68 bits per heavy atom. The molecule has 0 bridgehead atoms. The number of aromatic hydroxyl groups is 1. The Kier molecular flexibility index (Phi) is 5.74. The van der Waals surface area contributed by atoms with Crippen molar-refractivity contribution in [3.8, 4) is 16.9 Å². The maximum Gasteiger partial charge on any atom is 0.266 e. The standard InChI is InChI=1S/C21H19FN2O2S.ClH/c1-24(2)9-7-12-3-4-13(11-15(12)22)18-17(25)6-5-16-19(18)14-8-10-27-20(14)21(26)23-16;/h3-6,8,10-11,25H,7,9H2,1-2H3,(H,23,26);1H. The van der Waals surface area contributed by atoms with Crippen molar-refractivity contribution in [3.63, 3.8) is 0 Å². The molecule has 0 aliphatic heterocycles. The van der Waals surface area contributed by atoms with Crippen molar-refractivity contribution in [3.05, 3.63) is 63.5 Å². The summed E-state index contributed by atoms with van der Waals surface area (Å²) < 4.78 is 15.3. The van der Waals surface area contributed by atoms with Gasteiger partial charge in [0.25, 0.3) is 5.56 Å². The highest BCUT2D eigenvalue weighted by atomic mass is 35.5. The van der Waals surface area contributed by atoms with Crippen LogP contribution in [0, 0.1) is 5.82 Å². The van der Waals surface area contributed by atoms with E-state index in [-0.39, 0.29) is 29.5 Å². The fraction of sp³-hybridized carbons (Fsp3) is 0.190. The largest absolute Gasteiger partial charge is 0.507 e. The number of nitrogens with zero attached hydrogens (tertiary/aromatic N) is 1. The number of benzene rings is 2. The highest BCUT2D eigenvalue weighted by molar-refractivity contribution is 7.17. The number of H-pyrrole nitrogens is 1. The zero-order valence-electron chi connectivity index (χ0n) is 15.5. The molecule has 2 aromatic heterocycles. The Balaban J connectivity index is 0.00000225. The van der Waals surface area contributed by atoms with E-state index in [1.54, 1.807) is 12.1 Å². The van der Waals surface area contributed by atoms with Crippen LogP contribution in [0.4, 0.5) is 4.39 Å². The van der Waals surface area contributed by atoms with E-state index in [1.807, 2.05) is 36.5 Å². The molecule has 0 radical (unpaired) electrons. The molecule has 0 aliphatic carbocycles. The van der Waals surface area contributed by atoms with Crippen molar-refractivity contribution in [1.82, 2.24) is 9.88 Å². The average Bonchev–Trinajstić information content (AvgIpc) is 3.11. The van der Waals surface area contributed by atoms with Gasteiger partial charge in [-0.1, -0.05) is 12.1 Å². The lowest BCUT2D eigenvalue weighted by Gasteiger charge is -2.13. The van der Waals surface area contributed by atoms with Crippen LogP contribution >= 0.6 is 23.7 Å². The molecule has 4 rings (SSSR count). The van der Waals surface area contributed by atoms with Crippen LogP contribution in [0.1, 0.15) is 5.56 Å². The number of phenolic OH excluding ortho intramolecular Hbond substituents is 1. The summed E-state index contributed by atoms with van der Waals surface area (Å²) in [4.78, 5) is 17.1. The van der Waals surface area contributed by atoms with Gasteiger partial charge in [0.15, 0.2) is 0 Å². The summed E-state index contributed by atoms with van der Waals surface area (Å²) >= 11 is 1.35. The number of fused-ring (bicyclic) bond motifs is 3. The summed E-state index contributed by atoms with van der Waals surface area (Å²) in [7, 11) is 3.90. The van der Waals surface area contributed by atoms with Gasteiger partial charge in [-0.05, 0) is 61.3 Å². The third-order valence-corrected chi connectivity index (χ3v) is 5.66. The van der Waals surface area contributed by atoms with E-state index in [9.17, 15) is 14.3 Å². The molecule has 0 unspecified atom stereocenters. The zero-order valence-corrected chi connectivity index (χ0v) is 17.1. The van der Waals surface area contributed by atoms with E-state index >= 15 is 0 Å². The smallest absolute Gasteiger partial charge is 0.266 e. The van der Waals surface area contributed by atoms with E-state index in [0.717, 1.165) is 17.3 Å². The van der Waals surface area contributed by atoms with Gasteiger partial charge < -0.3 is 15.0 Å². The molecule has 0 fully saturated rings. The van der Waals surface area contributed by atoms with Gasteiger partial charge in [-0.15, -0.1) is 23.7 Å². The number of aromatic nitrogens is 1. The van der Waals surface area contributed by atoms with E-state index in [0.29, 0.717) is 33.3 Å². The summed E-state index contributed by atoms with van der Waals surface area (Å²) in [5.74, 6) is -0.237. The SMILES string of the molecule is CN(C)CCc1ccc(-c2c(O)ccc3[nH]c(=O)c4sccc4c23)cc1F.Cl. The van der Waals surface area contributed by atoms with Gasteiger partial charge in [-0.2, -0.15) is 0 Å². The summed E-state index contributed by atoms with van der Waals surface area (Å²) in [5.41, 5.74) is 2.22. The van der Waals surface area contributed by atoms with Gasteiger partial charge in [0, 0.05) is 28.4 Å². The number of hydrogen-bond donors (Lipinski definition) is 2. The third kappa shape index (κ3) is 3.51. The van der Waals surface area contributed by atoms with Gasteiger partial charge in [0.05, 0.1) is 0 Å². The molecule has 2 heterocycles. The molecule has 28 heavy (non-hydrogen) atoms. The summed E-state index contributed by atoms with van der Waals surface area (Å²) in [5, 5.41) is 13.9. The van der Waals surface area contributed by atoms with Crippen molar-refractivity contribution < 1.29 is 9.50 Å². The molecular weight excluding hydrogens is 399 g/mol. The molecular formula is C21H20ClFN2O2S. The highest BCUT2D eigenvalue weighted by Crippen LogP contribution is 2.40. The fourth-order valence-corrected chi connectivity index (χ4v) is 4.17. The van der Waals surface area contributed by atoms with Gasteiger partial charge in [0.1, 0.15) is 16.3 Å². The minimum atomic E-state index is -0.295. The number of aromatic amines is 1. The van der Waals surface area contributed by atoms with Crippen LogP contribution in [0.5, 0.6) is 5.75 Å². The predicted molar refractivity (Wildman–Crippen MR) is 117 cm³/mol. The molecule has 0 spiro atoms. The van der Waals surface area contributed by atoms with Gasteiger partial charge in [0.2, 0.25) is 0 Å². The maximum atomic E-state index is 14.7. The molecule has 0 saturated heterocycles. The summed E-state index contributed by atoms with van der Waals surface area (Å²) in [6.45, 7) is 0.756. The minimum absolute atomic E-state index is 0. The van der Waals surface area contributed by atoms with Crippen LogP contribution in [0.2, 0.25) is 0 Å². The molecule has 0 atom stereocenters. The van der Waals surface area contributed by atoms with Crippen LogP contribution < -0.4 is 5.56 Å². The average molecular weight is 419 g/mol. The number of halogens is 2. The number of pyridine rings is 1. The maximum absolute atomic E-state index is 14.7. The van der Waals surface area contributed by atoms with E-state index in [2.05, 4.69) is 4.98 Å². The Hall–Kier alpha value is -2.41. The first-order valence-electron chi connectivity index (χ1n) is 8.64. The number of thiophene rings is 1. The molecule has 146 valence electrons. The number of hydrogen-bond acceptors (Lipinski definition) is 4. The molecule has 7 heteroatoms. The quantitative estimate of drug-likeness (QED) is 0.501. The molecule has 4 nitrogen and oxygen atoms in total.